The number of hydroxylamine groups is 4. The molecule has 0 bridgehead atoms. The zero-order chi connectivity index (χ0) is 19.6. The summed E-state index contributed by atoms with van der Waals surface area (Å²) in [6.45, 7) is 7.74. The third-order valence-corrected chi connectivity index (χ3v) is 6.49. The van der Waals surface area contributed by atoms with E-state index in [4.69, 9.17) is 4.74 Å². The molecule has 3 aromatic rings. The Bertz CT molecular complexity index is 952. The summed E-state index contributed by atoms with van der Waals surface area (Å²) in [7, 11) is 1.67. The zero-order valence-corrected chi connectivity index (χ0v) is 16.4. The third-order valence-electron chi connectivity index (χ3n) is 6.49. The van der Waals surface area contributed by atoms with E-state index in [1.54, 1.807) is 7.11 Å². The van der Waals surface area contributed by atoms with Crippen LogP contribution in [0.3, 0.4) is 0 Å². The topological polar surface area (TPSA) is 56.2 Å². The minimum atomic E-state index is -0.698. The van der Waals surface area contributed by atoms with Gasteiger partial charge in [0.05, 0.1) is 18.2 Å². The minimum Gasteiger partial charge on any atom is -0.495 e. The number of ether oxygens (including phenoxy) is 1. The lowest BCUT2D eigenvalue weighted by Crippen LogP contribution is -2.52. The van der Waals surface area contributed by atoms with Crippen LogP contribution in [0.15, 0.2) is 48.5 Å². The highest BCUT2D eigenvalue weighted by atomic mass is 16.6. The fourth-order valence-electron chi connectivity index (χ4n) is 4.14. The number of hydrogen-bond acceptors (Lipinski definition) is 5. The molecule has 0 aliphatic carbocycles. The molecule has 0 unspecified atom stereocenters. The maximum atomic E-state index is 11.1. The number of benzene rings is 3. The molecule has 0 aromatic heterocycles. The lowest BCUT2D eigenvalue weighted by atomic mass is 9.84. The molecule has 0 saturated carbocycles. The summed E-state index contributed by atoms with van der Waals surface area (Å²) < 4.78 is 5.74. The van der Waals surface area contributed by atoms with Crippen LogP contribution in [0.2, 0.25) is 0 Å². The molecule has 0 spiro atoms. The summed E-state index contributed by atoms with van der Waals surface area (Å²) in [5.74, 6) is 0.801. The molecule has 2 N–H and O–H groups in total. The van der Waals surface area contributed by atoms with Crippen molar-refractivity contribution in [2.24, 2.45) is 0 Å². The van der Waals surface area contributed by atoms with Gasteiger partial charge >= 0.3 is 0 Å². The first-order valence-electron chi connectivity index (χ1n) is 9.17. The Kier molecular flexibility index (Phi) is 3.98. The lowest BCUT2D eigenvalue weighted by molar-refractivity contribution is -0.222. The van der Waals surface area contributed by atoms with Gasteiger partial charge in [-0.25, -0.2) is 0 Å². The van der Waals surface area contributed by atoms with Gasteiger partial charge in [0.15, 0.2) is 0 Å². The maximum Gasteiger partial charge on any atom is 0.138 e. The fourth-order valence-corrected chi connectivity index (χ4v) is 4.14. The molecule has 1 fully saturated rings. The normalized spacial score (nSPS) is 20.6. The van der Waals surface area contributed by atoms with Crippen molar-refractivity contribution in [2.75, 3.05) is 7.11 Å². The quantitative estimate of drug-likeness (QED) is 0.628. The van der Waals surface area contributed by atoms with Gasteiger partial charge < -0.3 is 15.2 Å². The van der Waals surface area contributed by atoms with Crippen LogP contribution in [0.4, 0.5) is 0 Å². The Hall–Kier alpha value is -2.18. The first-order chi connectivity index (χ1) is 12.7. The van der Waals surface area contributed by atoms with Crippen molar-refractivity contribution in [1.29, 1.82) is 0 Å². The predicted octanol–water partition coefficient (Wildman–Crippen LogP) is 4.95. The van der Waals surface area contributed by atoms with Crippen molar-refractivity contribution in [3.63, 3.8) is 0 Å². The Morgan fingerprint density at radius 1 is 0.741 bits per heavy atom. The highest BCUT2D eigenvalue weighted by Crippen LogP contribution is 2.51. The van der Waals surface area contributed by atoms with Crippen molar-refractivity contribution < 1.29 is 15.2 Å². The smallest absolute Gasteiger partial charge is 0.138 e. The van der Waals surface area contributed by atoms with Gasteiger partial charge in [0.1, 0.15) is 11.9 Å². The molecule has 1 aliphatic rings. The average molecular weight is 366 g/mol. The molecule has 4 rings (SSSR count). The average Bonchev–Trinajstić information content (AvgIpc) is 2.77. The van der Waals surface area contributed by atoms with Crippen LogP contribution < -0.4 is 4.74 Å². The van der Waals surface area contributed by atoms with E-state index in [1.165, 1.54) is 10.1 Å². The van der Waals surface area contributed by atoms with Crippen molar-refractivity contribution in [3.8, 4) is 5.75 Å². The minimum absolute atomic E-state index is 0.658. The maximum absolute atomic E-state index is 11.1. The molecular formula is C22H26N2O3. The molecule has 1 heterocycles. The van der Waals surface area contributed by atoms with Crippen LogP contribution in [0.5, 0.6) is 5.75 Å². The van der Waals surface area contributed by atoms with E-state index >= 15 is 0 Å². The molecule has 1 saturated heterocycles. The van der Waals surface area contributed by atoms with Gasteiger partial charge in [-0.3, -0.25) is 0 Å². The van der Waals surface area contributed by atoms with Gasteiger partial charge in [-0.2, -0.15) is 10.1 Å². The second-order valence-corrected chi connectivity index (χ2v) is 8.22. The predicted molar refractivity (Wildman–Crippen MR) is 106 cm³/mol. The number of methoxy groups -OCH3 is 1. The Morgan fingerprint density at radius 2 is 1.11 bits per heavy atom. The van der Waals surface area contributed by atoms with Crippen LogP contribution >= 0.6 is 0 Å². The highest BCUT2D eigenvalue weighted by Gasteiger charge is 2.58. The molecule has 27 heavy (non-hydrogen) atoms. The molecule has 0 atom stereocenters. The van der Waals surface area contributed by atoms with Crippen molar-refractivity contribution in [2.45, 2.75) is 44.9 Å². The molecule has 1 aliphatic heterocycles. The standard InChI is InChI=1S/C22H26N2O3/c1-21(2)22(3,4)24(26)20(23(21)25)18-14-10-6-8-12-16(14)19(27-5)17-13-9-7-11-15(17)18/h6-13,20,25-26H,1-5H3. The molecule has 0 radical (unpaired) electrons. The highest BCUT2D eigenvalue weighted by molar-refractivity contribution is 6.08. The summed E-state index contributed by atoms with van der Waals surface area (Å²) in [5.41, 5.74) is -0.450. The van der Waals surface area contributed by atoms with E-state index in [0.29, 0.717) is 0 Å². The second kappa shape index (κ2) is 5.91. The van der Waals surface area contributed by atoms with Crippen LogP contribution in [0.25, 0.3) is 21.5 Å². The van der Waals surface area contributed by atoms with Gasteiger partial charge in [-0.15, -0.1) is 0 Å². The van der Waals surface area contributed by atoms with E-state index in [1.807, 2.05) is 76.2 Å². The SMILES string of the molecule is COc1c2ccccc2c(C2N(O)C(C)(C)C(C)(C)N2O)c2ccccc12. The van der Waals surface area contributed by atoms with Crippen LogP contribution in [-0.2, 0) is 0 Å². The first-order valence-corrected chi connectivity index (χ1v) is 9.17. The summed E-state index contributed by atoms with van der Waals surface area (Å²) in [4.78, 5) is 0. The zero-order valence-electron chi connectivity index (χ0n) is 16.4. The van der Waals surface area contributed by atoms with E-state index < -0.39 is 17.2 Å². The van der Waals surface area contributed by atoms with Crippen molar-refractivity contribution >= 4 is 21.5 Å². The van der Waals surface area contributed by atoms with E-state index in [9.17, 15) is 10.4 Å². The van der Waals surface area contributed by atoms with Crippen molar-refractivity contribution in [3.05, 3.63) is 54.1 Å². The van der Waals surface area contributed by atoms with Crippen LogP contribution in [0.1, 0.15) is 39.4 Å². The summed E-state index contributed by atoms with van der Waals surface area (Å²) in [5, 5.41) is 28.6. The molecule has 5 heteroatoms. The first kappa shape index (κ1) is 18.2. The van der Waals surface area contributed by atoms with Gasteiger partial charge in [-0.05, 0) is 38.5 Å². The van der Waals surface area contributed by atoms with Gasteiger partial charge in [-0.1, -0.05) is 48.5 Å². The van der Waals surface area contributed by atoms with Crippen molar-refractivity contribution in [1.82, 2.24) is 10.1 Å². The van der Waals surface area contributed by atoms with Gasteiger partial charge in [0.25, 0.3) is 0 Å². The second-order valence-electron chi connectivity index (χ2n) is 8.22. The Labute approximate surface area is 159 Å². The molecular weight excluding hydrogens is 340 g/mol. The summed E-state index contributed by atoms with van der Waals surface area (Å²) >= 11 is 0. The number of rotatable bonds is 2. The van der Waals surface area contributed by atoms with Gasteiger partial charge in [0.2, 0.25) is 0 Å². The number of nitrogens with zero attached hydrogens (tertiary/aromatic N) is 2. The number of hydrogen-bond donors (Lipinski definition) is 2. The summed E-state index contributed by atoms with van der Waals surface area (Å²) in [6, 6.07) is 15.9. The van der Waals surface area contributed by atoms with E-state index in [0.717, 1.165) is 32.9 Å². The largest absolute Gasteiger partial charge is 0.495 e. The molecule has 3 aromatic carbocycles. The fraction of sp³-hybridized carbons (Fsp3) is 0.364. The van der Waals surface area contributed by atoms with Crippen LogP contribution in [0, 0.1) is 0 Å². The van der Waals surface area contributed by atoms with E-state index in [-0.39, 0.29) is 0 Å². The third kappa shape index (κ3) is 2.26. The molecule has 142 valence electrons. The van der Waals surface area contributed by atoms with Crippen LogP contribution in [-0.4, -0.2) is 38.7 Å². The van der Waals surface area contributed by atoms with E-state index in [2.05, 4.69) is 0 Å². The Balaban J connectivity index is 2.13. The molecule has 0 amide bonds. The Morgan fingerprint density at radius 3 is 1.48 bits per heavy atom. The monoisotopic (exact) mass is 366 g/mol. The summed E-state index contributed by atoms with van der Waals surface area (Å²) in [6.07, 6.45) is -0.698. The van der Waals surface area contributed by atoms with Gasteiger partial charge in [0, 0.05) is 16.3 Å². The lowest BCUT2D eigenvalue weighted by Gasteiger charge is -2.37. The number of fused-ring (bicyclic) bond motifs is 2. The molecule has 5 nitrogen and oxygen atoms in total.